The van der Waals surface area contributed by atoms with E-state index in [1.54, 1.807) is 0 Å². The molecular formula is C7H10N2. The first-order valence-corrected chi connectivity index (χ1v) is 2.97. The van der Waals surface area contributed by atoms with Crippen LogP contribution in [0.3, 0.4) is 0 Å². The van der Waals surface area contributed by atoms with E-state index in [2.05, 4.69) is 0 Å². The van der Waals surface area contributed by atoms with Crippen molar-refractivity contribution in [1.29, 1.82) is 5.41 Å². The van der Waals surface area contributed by atoms with Crippen LogP contribution in [0, 0.1) is 11.3 Å². The molecule has 9 heavy (non-hydrogen) atoms. The molecule has 48 valence electrons. The maximum absolute atomic E-state index is 6.92. The quantitative estimate of drug-likeness (QED) is 0.502. The van der Waals surface area contributed by atoms with Gasteiger partial charge in [0.15, 0.2) is 0 Å². The highest BCUT2D eigenvalue weighted by atomic mass is 14.6. The molecule has 3 N–H and O–H groups in total. The van der Waals surface area contributed by atoms with Crippen LogP contribution in [0.5, 0.6) is 0 Å². The van der Waals surface area contributed by atoms with E-state index in [-0.39, 0.29) is 5.92 Å². The lowest BCUT2D eigenvalue weighted by Gasteiger charge is -2.07. The van der Waals surface area contributed by atoms with Crippen LogP contribution >= 0.6 is 0 Å². The zero-order chi connectivity index (χ0) is 6.69. The Bertz CT molecular complexity index is 168. The number of hydrogen-bond acceptors (Lipinski definition) is 2. The van der Waals surface area contributed by atoms with Crippen molar-refractivity contribution in [3.8, 4) is 0 Å². The average molecular weight is 122 g/mol. The van der Waals surface area contributed by atoms with Crippen LogP contribution in [-0.2, 0) is 0 Å². The molecule has 1 unspecified atom stereocenters. The summed E-state index contributed by atoms with van der Waals surface area (Å²) in [5.74, 6) is 0.275. The summed E-state index contributed by atoms with van der Waals surface area (Å²) in [5.41, 5.74) is 6.26. The third kappa shape index (κ3) is 1.42. The minimum Gasteiger partial charge on any atom is -0.399 e. The lowest BCUT2D eigenvalue weighted by atomic mass is 10.0. The standard InChI is InChI=1S/C7H10N2/c8-5-6-1-3-7(9)4-2-6/h1,3-6,8H,2,9H2. The largest absolute Gasteiger partial charge is 0.399 e. The first kappa shape index (κ1) is 6.08. The van der Waals surface area contributed by atoms with Gasteiger partial charge in [-0.15, -0.1) is 0 Å². The minimum absolute atomic E-state index is 0.275. The van der Waals surface area contributed by atoms with E-state index < -0.39 is 0 Å². The molecule has 0 heterocycles. The molecule has 1 rings (SSSR count). The van der Waals surface area contributed by atoms with E-state index in [4.69, 9.17) is 11.1 Å². The first-order valence-electron chi connectivity index (χ1n) is 2.97. The van der Waals surface area contributed by atoms with Gasteiger partial charge in [0.05, 0.1) is 0 Å². The summed E-state index contributed by atoms with van der Waals surface area (Å²) < 4.78 is 0. The Morgan fingerprint density at radius 3 is 3.00 bits per heavy atom. The van der Waals surface area contributed by atoms with Crippen LogP contribution in [0.25, 0.3) is 0 Å². The Hall–Kier alpha value is -1.05. The smallest absolute Gasteiger partial charge is 0.0270 e. The van der Waals surface area contributed by atoms with Gasteiger partial charge in [-0.3, -0.25) is 0 Å². The number of hydrogen-bond donors (Lipinski definition) is 2. The van der Waals surface area contributed by atoms with Crippen molar-refractivity contribution in [2.75, 3.05) is 0 Å². The van der Waals surface area contributed by atoms with Gasteiger partial charge >= 0.3 is 0 Å². The van der Waals surface area contributed by atoms with Crippen molar-refractivity contribution in [3.63, 3.8) is 0 Å². The van der Waals surface area contributed by atoms with Crippen LogP contribution in [0.4, 0.5) is 0 Å². The summed E-state index contributed by atoms with van der Waals surface area (Å²) in [6.45, 7) is 0. The van der Waals surface area contributed by atoms with Crippen molar-refractivity contribution < 1.29 is 0 Å². The van der Waals surface area contributed by atoms with Crippen LogP contribution < -0.4 is 5.73 Å². The van der Waals surface area contributed by atoms with Crippen LogP contribution in [0.2, 0.25) is 0 Å². The molecule has 2 nitrogen and oxygen atoms in total. The number of allylic oxidation sites excluding steroid dienone is 3. The molecule has 0 aromatic heterocycles. The van der Waals surface area contributed by atoms with Gasteiger partial charge in [-0.1, -0.05) is 12.2 Å². The lowest BCUT2D eigenvalue weighted by Crippen LogP contribution is -2.04. The normalized spacial score (nSPS) is 25.3. The molecule has 0 aromatic rings. The minimum atomic E-state index is 0.275. The van der Waals surface area contributed by atoms with Crippen LogP contribution in [0.15, 0.2) is 23.9 Å². The van der Waals surface area contributed by atoms with E-state index in [1.165, 1.54) is 6.21 Å². The maximum Gasteiger partial charge on any atom is 0.0270 e. The van der Waals surface area contributed by atoms with Gasteiger partial charge in [-0.05, 0) is 12.5 Å². The molecule has 0 fully saturated rings. The van der Waals surface area contributed by atoms with Crippen molar-refractivity contribution in [2.24, 2.45) is 11.7 Å². The predicted octanol–water partition coefficient (Wildman–Crippen LogP) is 1.05. The number of nitrogens with two attached hydrogens (primary N) is 1. The second-order valence-electron chi connectivity index (χ2n) is 2.13. The lowest BCUT2D eigenvalue weighted by molar-refractivity contribution is 0.870. The summed E-state index contributed by atoms with van der Waals surface area (Å²) in [5, 5.41) is 6.92. The maximum atomic E-state index is 6.92. The second kappa shape index (κ2) is 2.49. The SMILES string of the molecule is N=CC1C=CC(N)=CC1. The molecule has 0 bridgehead atoms. The zero-order valence-electron chi connectivity index (χ0n) is 5.17. The molecule has 0 aliphatic heterocycles. The third-order valence-electron chi connectivity index (χ3n) is 1.38. The number of rotatable bonds is 1. The molecule has 0 aromatic carbocycles. The van der Waals surface area contributed by atoms with Gasteiger partial charge in [0.1, 0.15) is 0 Å². The van der Waals surface area contributed by atoms with Crippen molar-refractivity contribution in [1.82, 2.24) is 0 Å². The van der Waals surface area contributed by atoms with Crippen LogP contribution in [0.1, 0.15) is 6.42 Å². The second-order valence-corrected chi connectivity index (χ2v) is 2.13. The van der Waals surface area contributed by atoms with Crippen molar-refractivity contribution >= 4 is 6.21 Å². The fourth-order valence-corrected chi connectivity index (χ4v) is 0.777. The predicted molar refractivity (Wildman–Crippen MR) is 38.3 cm³/mol. The topological polar surface area (TPSA) is 49.9 Å². The molecule has 1 atom stereocenters. The van der Waals surface area contributed by atoms with Crippen molar-refractivity contribution in [2.45, 2.75) is 6.42 Å². The molecule has 0 spiro atoms. The molecule has 2 heteroatoms. The monoisotopic (exact) mass is 122 g/mol. The van der Waals surface area contributed by atoms with Gasteiger partial charge in [0.2, 0.25) is 0 Å². The Balaban J connectivity index is 2.58. The van der Waals surface area contributed by atoms with E-state index in [9.17, 15) is 0 Å². The fourth-order valence-electron chi connectivity index (χ4n) is 0.777. The fraction of sp³-hybridized carbons (Fsp3) is 0.286. The highest BCUT2D eigenvalue weighted by Gasteiger charge is 2.01. The zero-order valence-corrected chi connectivity index (χ0v) is 5.17. The van der Waals surface area contributed by atoms with Gasteiger partial charge in [0.25, 0.3) is 0 Å². The van der Waals surface area contributed by atoms with E-state index in [0.717, 1.165) is 12.1 Å². The molecule has 0 saturated heterocycles. The van der Waals surface area contributed by atoms with Gasteiger partial charge in [-0.2, -0.15) is 0 Å². The molecule has 0 radical (unpaired) electrons. The summed E-state index contributed by atoms with van der Waals surface area (Å²) in [6, 6.07) is 0. The summed E-state index contributed by atoms with van der Waals surface area (Å²) >= 11 is 0. The van der Waals surface area contributed by atoms with E-state index in [0.29, 0.717) is 0 Å². The highest BCUT2D eigenvalue weighted by molar-refractivity contribution is 5.61. The van der Waals surface area contributed by atoms with Gasteiger partial charge in [-0.25, -0.2) is 0 Å². The van der Waals surface area contributed by atoms with Crippen LogP contribution in [-0.4, -0.2) is 6.21 Å². The molecule has 0 amide bonds. The Kier molecular flexibility index (Phi) is 1.68. The highest BCUT2D eigenvalue weighted by Crippen LogP contribution is 2.10. The molecular weight excluding hydrogens is 112 g/mol. The van der Waals surface area contributed by atoms with Crippen molar-refractivity contribution in [3.05, 3.63) is 23.9 Å². The summed E-state index contributed by atoms with van der Waals surface area (Å²) in [6.07, 6.45) is 8.04. The average Bonchev–Trinajstić information content (AvgIpc) is 1.90. The molecule has 1 aliphatic rings. The first-order chi connectivity index (χ1) is 4.33. The summed E-state index contributed by atoms with van der Waals surface area (Å²) in [4.78, 5) is 0. The third-order valence-corrected chi connectivity index (χ3v) is 1.38. The van der Waals surface area contributed by atoms with Gasteiger partial charge < -0.3 is 11.1 Å². The summed E-state index contributed by atoms with van der Waals surface area (Å²) in [7, 11) is 0. The Morgan fingerprint density at radius 2 is 2.56 bits per heavy atom. The molecule has 0 saturated carbocycles. The number of nitrogens with one attached hydrogen (secondary N) is 1. The van der Waals surface area contributed by atoms with E-state index >= 15 is 0 Å². The Morgan fingerprint density at radius 1 is 1.78 bits per heavy atom. The molecule has 1 aliphatic carbocycles. The Labute approximate surface area is 54.6 Å². The van der Waals surface area contributed by atoms with Gasteiger partial charge in [0, 0.05) is 17.8 Å². The van der Waals surface area contributed by atoms with E-state index in [1.807, 2.05) is 18.2 Å².